The zero-order chi connectivity index (χ0) is 24.1. The fraction of sp³-hybridized carbons (Fsp3) is 0.240. The lowest BCUT2D eigenvalue weighted by Gasteiger charge is -2.17. The number of aromatic nitrogens is 1. The number of fused-ring (bicyclic) bond motifs is 1. The van der Waals surface area contributed by atoms with Gasteiger partial charge in [0.2, 0.25) is 0 Å². The molecule has 1 heterocycles. The average Bonchev–Trinajstić information content (AvgIpc) is 3.21. The van der Waals surface area contributed by atoms with Gasteiger partial charge in [0, 0.05) is 23.7 Å². The maximum Gasteiger partial charge on any atom is 0.261 e. The zero-order valence-corrected chi connectivity index (χ0v) is 19.8. The van der Waals surface area contributed by atoms with E-state index in [1.54, 1.807) is 24.3 Å². The number of nitrogens with zero attached hydrogens (tertiary/aromatic N) is 2. The number of methoxy groups -OCH3 is 1. The molecule has 0 amide bonds. The van der Waals surface area contributed by atoms with Gasteiger partial charge in [-0.25, -0.2) is 12.8 Å². The Bertz CT molecular complexity index is 1370. The Morgan fingerprint density at radius 2 is 1.88 bits per heavy atom. The maximum absolute atomic E-state index is 13.3. The molecule has 178 valence electrons. The molecule has 3 aromatic carbocycles. The van der Waals surface area contributed by atoms with Gasteiger partial charge in [-0.05, 0) is 80.5 Å². The van der Waals surface area contributed by atoms with Gasteiger partial charge in [0.15, 0.2) is 5.58 Å². The van der Waals surface area contributed by atoms with E-state index in [1.165, 1.54) is 31.4 Å². The highest BCUT2D eigenvalue weighted by molar-refractivity contribution is 7.92. The smallest absolute Gasteiger partial charge is 0.261 e. The van der Waals surface area contributed by atoms with Crippen molar-refractivity contribution in [1.82, 2.24) is 10.1 Å². The molecule has 4 aromatic rings. The van der Waals surface area contributed by atoms with Crippen molar-refractivity contribution < 1.29 is 22.1 Å². The number of ether oxygens (including phenoxy) is 1. The van der Waals surface area contributed by atoms with Crippen LogP contribution in [-0.4, -0.2) is 39.2 Å². The third-order valence-electron chi connectivity index (χ3n) is 5.46. The molecule has 0 aliphatic carbocycles. The van der Waals surface area contributed by atoms with Crippen molar-refractivity contribution in [3.05, 3.63) is 83.8 Å². The monoisotopic (exact) mass is 483 g/mol. The number of hydrogen-bond donors (Lipinski definition) is 1. The van der Waals surface area contributed by atoms with Crippen LogP contribution in [0.15, 0.2) is 76.1 Å². The van der Waals surface area contributed by atoms with Crippen LogP contribution < -0.4 is 9.46 Å². The number of rotatable bonds is 10. The predicted molar refractivity (Wildman–Crippen MR) is 129 cm³/mol. The second-order valence-corrected chi connectivity index (χ2v) is 9.77. The van der Waals surface area contributed by atoms with Crippen molar-refractivity contribution in [2.24, 2.45) is 0 Å². The summed E-state index contributed by atoms with van der Waals surface area (Å²) in [6, 6.07) is 18.0. The molecule has 34 heavy (non-hydrogen) atoms. The number of benzene rings is 3. The molecule has 0 atom stereocenters. The molecule has 4 rings (SSSR count). The van der Waals surface area contributed by atoms with Gasteiger partial charge >= 0.3 is 0 Å². The van der Waals surface area contributed by atoms with Crippen LogP contribution in [0, 0.1) is 5.82 Å². The highest BCUT2D eigenvalue weighted by Crippen LogP contribution is 2.22. The van der Waals surface area contributed by atoms with Gasteiger partial charge in [-0.2, -0.15) is 0 Å². The van der Waals surface area contributed by atoms with E-state index in [4.69, 9.17) is 9.26 Å². The molecule has 0 bridgehead atoms. The molecular weight excluding hydrogens is 457 g/mol. The van der Waals surface area contributed by atoms with Crippen LogP contribution >= 0.6 is 0 Å². The highest BCUT2D eigenvalue weighted by atomic mass is 32.2. The van der Waals surface area contributed by atoms with E-state index in [0.29, 0.717) is 30.0 Å². The Morgan fingerprint density at radius 3 is 2.65 bits per heavy atom. The van der Waals surface area contributed by atoms with Gasteiger partial charge in [-0.15, -0.1) is 0 Å². The second-order valence-electron chi connectivity index (χ2n) is 8.09. The van der Waals surface area contributed by atoms with E-state index in [-0.39, 0.29) is 10.7 Å². The number of anilines is 1. The van der Waals surface area contributed by atoms with E-state index in [0.717, 1.165) is 29.6 Å². The van der Waals surface area contributed by atoms with Crippen LogP contribution in [0.4, 0.5) is 10.1 Å². The minimum atomic E-state index is -3.70. The summed E-state index contributed by atoms with van der Waals surface area (Å²) in [7, 11) is -0.167. The van der Waals surface area contributed by atoms with Gasteiger partial charge in [0.1, 0.15) is 11.6 Å². The van der Waals surface area contributed by atoms with Crippen LogP contribution in [0.25, 0.3) is 11.0 Å². The van der Waals surface area contributed by atoms with Crippen molar-refractivity contribution >= 4 is 26.7 Å². The van der Waals surface area contributed by atoms with Crippen LogP contribution in [0.1, 0.15) is 17.7 Å². The van der Waals surface area contributed by atoms with Crippen molar-refractivity contribution in [2.45, 2.75) is 24.3 Å². The molecule has 0 fully saturated rings. The summed E-state index contributed by atoms with van der Waals surface area (Å²) in [5.74, 6) is 0.248. The lowest BCUT2D eigenvalue weighted by atomic mass is 10.1. The minimum Gasteiger partial charge on any atom is -0.497 e. The molecule has 1 N–H and O–H groups in total. The van der Waals surface area contributed by atoms with Crippen LogP contribution in [-0.2, 0) is 23.0 Å². The van der Waals surface area contributed by atoms with E-state index in [9.17, 15) is 12.8 Å². The maximum atomic E-state index is 13.3. The molecule has 0 saturated carbocycles. The first-order valence-corrected chi connectivity index (χ1v) is 12.3. The summed E-state index contributed by atoms with van der Waals surface area (Å²) in [4.78, 5) is 2.32. The Kier molecular flexibility index (Phi) is 7.14. The molecular formula is C25H26FN3O4S. The van der Waals surface area contributed by atoms with Crippen molar-refractivity contribution in [3.63, 3.8) is 0 Å². The first-order valence-electron chi connectivity index (χ1n) is 10.8. The molecule has 0 unspecified atom stereocenters. The third kappa shape index (κ3) is 5.73. The fourth-order valence-electron chi connectivity index (χ4n) is 3.75. The average molecular weight is 484 g/mol. The molecule has 1 aromatic heterocycles. The predicted octanol–water partition coefficient (Wildman–Crippen LogP) is 4.84. The quantitative estimate of drug-likeness (QED) is 0.347. The second kappa shape index (κ2) is 10.2. The minimum absolute atomic E-state index is 0.166. The molecule has 7 nitrogen and oxygen atoms in total. The van der Waals surface area contributed by atoms with Crippen LogP contribution in [0.5, 0.6) is 5.75 Å². The van der Waals surface area contributed by atoms with Crippen LogP contribution in [0.2, 0.25) is 0 Å². The number of nitrogens with one attached hydrogen (secondary N) is 1. The zero-order valence-electron chi connectivity index (χ0n) is 19.0. The van der Waals surface area contributed by atoms with E-state index in [1.807, 2.05) is 25.2 Å². The highest BCUT2D eigenvalue weighted by Gasteiger charge is 2.15. The van der Waals surface area contributed by atoms with Crippen molar-refractivity contribution in [2.75, 3.05) is 25.4 Å². The van der Waals surface area contributed by atoms with E-state index < -0.39 is 10.0 Å². The van der Waals surface area contributed by atoms with E-state index in [2.05, 4.69) is 14.8 Å². The van der Waals surface area contributed by atoms with Crippen molar-refractivity contribution in [1.29, 1.82) is 0 Å². The number of halogens is 1. The Labute approximate surface area is 198 Å². The summed E-state index contributed by atoms with van der Waals surface area (Å²) in [6.45, 7) is 1.46. The Balaban J connectivity index is 1.33. The summed E-state index contributed by atoms with van der Waals surface area (Å²) in [5.41, 5.74) is 2.76. The normalized spacial score (nSPS) is 11.8. The topological polar surface area (TPSA) is 84.7 Å². The first kappa shape index (κ1) is 23.7. The lowest BCUT2D eigenvalue weighted by Crippen LogP contribution is -2.20. The fourth-order valence-corrected chi connectivity index (χ4v) is 4.80. The molecule has 0 radical (unpaired) electrons. The lowest BCUT2D eigenvalue weighted by molar-refractivity contribution is 0.320. The third-order valence-corrected chi connectivity index (χ3v) is 6.86. The van der Waals surface area contributed by atoms with Crippen LogP contribution in [0.3, 0.4) is 0 Å². The van der Waals surface area contributed by atoms with E-state index >= 15 is 0 Å². The number of hydrogen-bond acceptors (Lipinski definition) is 6. The first-order chi connectivity index (χ1) is 16.3. The summed E-state index contributed by atoms with van der Waals surface area (Å²) in [5, 5.41) is 4.90. The van der Waals surface area contributed by atoms with Gasteiger partial charge in [0.25, 0.3) is 10.0 Å². The number of sulfonamides is 1. The largest absolute Gasteiger partial charge is 0.497 e. The molecule has 9 heteroatoms. The summed E-state index contributed by atoms with van der Waals surface area (Å²) in [6.07, 6.45) is 1.56. The molecule has 0 saturated heterocycles. The standard InChI is InChI=1S/C25H26FN3O4S/c1-29(14-4-7-24-23-13-8-19(26)16-25(23)33-27-24)17-18-5-3-6-20(15-18)28-34(30,31)22-11-9-21(32-2)10-12-22/h3,5-6,8-13,15-16,28H,4,7,14,17H2,1-2H3. The van der Waals surface area contributed by atoms with Gasteiger partial charge in [-0.1, -0.05) is 17.3 Å². The Morgan fingerprint density at radius 1 is 1.09 bits per heavy atom. The summed E-state index contributed by atoms with van der Waals surface area (Å²) < 4.78 is 51.6. The van der Waals surface area contributed by atoms with Gasteiger partial charge in [0.05, 0.1) is 17.7 Å². The molecule has 0 aliphatic heterocycles. The Hall–Kier alpha value is -3.43. The summed E-state index contributed by atoms with van der Waals surface area (Å²) >= 11 is 0. The van der Waals surface area contributed by atoms with Crippen molar-refractivity contribution in [3.8, 4) is 5.75 Å². The SMILES string of the molecule is COc1ccc(S(=O)(=O)Nc2cccc(CN(C)CCCc3noc4cc(F)ccc34)c2)cc1. The van der Waals surface area contributed by atoms with Gasteiger partial charge in [-0.3, -0.25) is 4.72 Å². The molecule has 0 aliphatic rings. The number of aryl methyl sites for hydroxylation is 1. The van der Waals surface area contributed by atoms with Gasteiger partial charge < -0.3 is 14.2 Å². The molecule has 0 spiro atoms.